The van der Waals surface area contributed by atoms with E-state index in [1.807, 2.05) is 21.1 Å². The predicted molar refractivity (Wildman–Crippen MR) is 59.4 cm³/mol. The van der Waals surface area contributed by atoms with Gasteiger partial charge in [-0.2, -0.15) is 0 Å². The number of carbonyl (C=O) groups excluding carboxylic acids is 2. The Morgan fingerprint density at radius 1 is 1.38 bits per heavy atom. The number of esters is 1. The van der Waals surface area contributed by atoms with Crippen molar-refractivity contribution in [3.05, 3.63) is 12.7 Å². The molecule has 0 bridgehead atoms. The third-order valence-electron chi connectivity index (χ3n) is 1.46. The van der Waals surface area contributed by atoms with Gasteiger partial charge in [0.1, 0.15) is 13.2 Å². The van der Waals surface area contributed by atoms with E-state index in [2.05, 4.69) is 6.58 Å². The highest BCUT2D eigenvalue weighted by Gasteiger charge is 2.06. The molecule has 0 spiro atoms. The minimum atomic E-state index is -0.995. The van der Waals surface area contributed by atoms with Crippen LogP contribution in [0.1, 0.15) is 13.3 Å². The molecule has 5 heteroatoms. The highest BCUT2D eigenvalue weighted by molar-refractivity contribution is 5.81. The smallest absolute Gasteiger partial charge is 0.330 e. The number of carboxylic acid groups (broad SMARTS) is 1. The van der Waals surface area contributed by atoms with Crippen molar-refractivity contribution in [2.24, 2.45) is 0 Å². The van der Waals surface area contributed by atoms with Crippen molar-refractivity contribution >= 4 is 11.9 Å². The van der Waals surface area contributed by atoms with Crippen LogP contribution in [0, 0.1) is 0 Å². The third kappa shape index (κ3) is 18.4. The predicted octanol–water partition coefficient (Wildman–Crippen LogP) is -0.432. The van der Waals surface area contributed by atoms with E-state index in [4.69, 9.17) is 4.74 Å². The lowest BCUT2D eigenvalue weighted by Gasteiger charge is -2.23. The monoisotopic (exact) mass is 231 g/mol. The molecule has 0 heterocycles. The summed E-state index contributed by atoms with van der Waals surface area (Å²) < 4.78 is 5.59. The van der Waals surface area contributed by atoms with E-state index in [1.165, 1.54) is 13.0 Å². The normalized spacial score (nSPS) is 9.75. The van der Waals surface area contributed by atoms with Gasteiger partial charge in [0.15, 0.2) is 0 Å². The minimum Gasteiger partial charge on any atom is -0.550 e. The second kappa shape index (κ2) is 8.91. The molecular weight excluding hydrogens is 210 g/mol. The van der Waals surface area contributed by atoms with Gasteiger partial charge in [-0.25, -0.2) is 4.79 Å². The number of carboxylic acids is 1. The molecule has 0 amide bonds. The first-order valence-electron chi connectivity index (χ1n) is 5.02. The van der Waals surface area contributed by atoms with Crippen LogP contribution in [0.2, 0.25) is 0 Å². The molecule has 0 aliphatic heterocycles. The zero-order valence-electron chi connectivity index (χ0n) is 10.5. The number of nitrogens with zero attached hydrogens (tertiary/aromatic N) is 1. The fraction of sp³-hybridized carbons (Fsp3) is 0.636. The summed E-state index contributed by atoms with van der Waals surface area (Å²) in [5.41, 5.74) is 0. The average molecular weight is 231 g/mol. The lowest BCUT2D eigenvalue weighted by atomic mass is 10.5. The number of quaternary nitrogens is 1. The number of likely N-dealkylation sites (N-methyl/N-ethyl adjacent to an activating group) is 1. The SMILES string of the molecule is C=CC(=O)OCC[N+](C)(C)C.CCC(=O)[O-]. The van der Waals surface area contributed by atoms with Gasteiger partial charge in [0.05, 0.1) is 21.1 Å². The quantitative estimate of drug-likeness (QED) is 0.366. The van der Waals surface area contributed by atoms with Gasteiger partial charge in [-0.1, -0.05) is 13.5 Å². The molecule has 16 heavy (non-hydrogen) atoms. The molecule has 0 rings (SSSR count). The van der Waals surface area contributed by atoms with Gasteiger partial charge in [-0.3, -0.25) is 0 Å². The Kier molecular flexibility index (Phi) is 9.49. The van der Waals surface area contributed by atoms with E-state index < -0.39 is 5.97 Å². The number of hydrogen-bond donors (Lipinski definition) is 0. The second-order valence-corrected chi connectivity index (χ2v) is 4.11. The lowest BCUT2D eigenvalue weighted by molar-refractivity contribution is -0.870. The van der Waals surface area contributed by atoms with Crippen LogP contribution in [-0.2, 0) is 14.3 Å². The van der Waals surface area contributed by atoms with Gasteiger partial charge in [-0.05, 0) is 6.42 Å². The molecule has 0 unspecified atom stereocenters. The van der Waals surface area contributed by atoms with Crippen molar-refractivity contribution < 1.29 is 23.9 Å². The van der Waals surface area contributed by atoms with Gasteiger partial charge in [0.2, 0.25) is 0 Å². The van der Waals surface area contributed by atoms with Crippen molar-refractivity contribution in [1.29, 1.82) is 0 Å². The Bertz CT molecular complexity index is 231. The Labute approximate surface area is 96.9 Å². The standard InChI is InChI=1S/C8H16NO2.C3H6O2/c1-5-8(10)11-7-6-9(2,3)4;1-2-3(4)5/h5H,1,6-7H2,2-4H3;2H2,1H3,(H,4,5)/q+1;/p-1. The van der Waals surface area contributed by atoms with Gasteiger partial charge >= 0.3 is 5.97 Å². The third-order valence-corrected chi connectivity index (χ3v) is 1.46. The van der Waals surface area contributed by atoms with E-state index in [1.54, 1.807) is 0 Å². The number of hydrogen-bond acceptors (Lipinski definition) is 4. The second-order valence-electron chi connectivity index (χ2n) is 4.11. The molecular formula is C11H21NO4. The topological polar surface area (TPSA) is 66.4 Å². The summed E-state index contributed by atoms with van der Waals surface area (Å²) >= 11 is 0. The highest BCUT2D eigenvalue weighted by Crippen LogP contribution is 1.89. The molecule has 5 nitrogen and oxygen atoms in total. The first-order valence-corrected chi connectivity index (χ1v) is 5.02. The Hall–Kier alpha value is -1.36. The minimum absolute atomic E-state index is 0.111. The molecule has 0 fully saturated rings. The molecule has 0 radical (unpaired) electrons. The average Bonchev–Trinajstić information content (AvgIpc) is 2.16. The van der Waals surface area contributed by atoms with Crippen molar-refractivity contribution in [2.45, 2.75) is 13.3 Å². The Morgan fingerprint density at radius 2 is 1.81 bits per heavy atom. The molecule has 0 aromatic rings. The van der Waals surface area contributed by atoms with Gasteiger partial charge in [0.25, 0.3) is 0 Å². The molecule has 0 atom stereocenters. The van der Waals surface area contributed by atoms with Gasteiger partial charge in [0, 0.05) is 12.0 Å². The van der Waals surface area contributed by atoms with Crippen LogP contribution in [-0.4, -0.2) is 50.7 Å². The van der Waals surface area contributed by atoms with Gasteiger partial charge in [-0.15, -0.1) is 0 Å². The van der Waals surface area contributed by atoms with E-state index in [9.17, 15) is 14.7 Å². The van der Waals surface area contributed by atoms with E-state index in [-0.39, 0.29) is 12.4 Å². The molecule has 0 saturated carbocycles. The van der Waals surface area contributed by atoms with Crippen molar-refractivity contribution in [3.63, 3.8) is 0 Å². The maximum Gasteiger partial charge on any atom is 0.330 e. The van der Waals surface area contributed by atoms with Crippen LogP contribution in [0.25, 0.3) is 0 Å². The lowest BCUT2D eigenvalue weighted by Crippen LogP contribution is -2.37. The van der Waals surface area contributed by atoms with E-state index in [0.29, 0.717) is 6.61 Å². The maximum atomic E-state index is 10.6. The van der Waals surface area contributed by atoms with E-state index >= 15 is 0 Å². The fourth-order valence-corrected chi connectivity index (χ4v) is 0.479. The molecule has 94 valence electrons. The van der Waals surface area contributed by atoms with Crippen LogP contribution >= 0.6 is 0 Å². The first kappa shape index (κ1) is 17.0. The summed E-state index contributed by atoms with van der Waals surface area (Å²) in [5, 5.41) is 9.26. The van der Waals surface area contributed by atoms with Crippen LogP contribution in [0.3, 0.4) is 0 Å². The highest BCUT2D eigenvalue weighted by atomic mass is 16.5. The molecule has 0 aliphatic carbocycles. The molecule has 0 aromatic carbocycles. The van der Waals surface area contributed by atoms with Crippen molar-refractivity contribution in [1.82, 2.24) is 0 Å². The van der Waals surface area contributed by atoms with Crippen LogP contribution in [0.15, 0.2) is 12.7 Å². The van der Waals surface area contributed by atoms with Crippen molar-refractivity contribution in [2.75, 3.05) is 34.3 Å². The summed E-state index contributed by atoms with van der Waals surface area (Å²) in [5.74, 6) is -1.34. The van der Waals surface area contributed by atoms with Crippen LogP contribution < -0.4 is 5.11 Å². The van der Waals surface area contributed by atoms with Crippen LogP contribution in [0.4, 0.5) is 0 Å². The van der Waals surface area contributed by atoms with Crippen LogP contribution in [0.5, 0.6) is 0 Å². The summed E-state index contributed by atoms with van der Waals surface area (Å²) in [6.45, 7) is 6.10. The summed E-state index contributed by atoms with van der Waals surface area (Å²) in [6, 6.07) is 0. The number of carbonyl (C=O) groups is 2. The summed E-state index contributed by atoms with van der Waals surface area (Å²) in [7, 11) is 6.13. The summed E-state index contributed by atoms with van der Waals surface area (Å²) in [6.07, 6.45) is 1.29. The molecule has 0 aliphatic rings. The summed E-state index contributed by atoms with van der Waals surface area (Å²) in [4.78, 5) is 19.8. The largest absolute Gasteiger partial charge is 0.550 e. The fourth-order valence-electron chi connectivity index (χ4n) is 0.479. The molecule has 0 aromatic heterocycles. The zero-order valence-corrected chi connectivity index (χ0v) is 10.5. The number of ether oxygens (including phenoxy) is 1. The Morgan fingerprint density at radius 3 is 2.06 bits per heavy atom. The first-order chi connectivity index (χ1) is 7.22. The zero-order chi connectivity index (χ0) is 13.2. The van der Waals surface area contributed by atoms with Gasteiger partial charge < -0.3 is 19.1 Å². The Balaban J connectivity index is 0. The van der Waals surface area contributed by atoms with E-state index in [0.717, 1.165) is 11.0 Å². The number of aliphatic carboxylic acids is 1. The molecule has 0 saturated heterocycles. The molecule has 0 N–H and O–H groups in total. The number of rotatable bonds is 5. The van der Waals surface area contributed by atoms with Crippen molar-refractivity contribution in [3.8, 4) is 0 Å². The maximum absolute atomic E-state index is 10.6.